The average Bonchev–Trinajstić information content (AvgIpc) is 2.31. The van der Waals surface area contributed by atoms with Crippen LogP contribution in [0.5, 0.6) is 5.75 Å². The Morgan fingerprint density at radius 1 is 1.28 bits per heavy atom. The maximum absolute atomic E-state index is 11.6. The topological polar surface area (TPSA) is 75.0 Å². The molecule has 0 unspecified atom stereocenters. The van der Waals surface area contributed by atoms with E-state index in [1.165, 1.54) is 6.20 Å². The molecule has 0 fully saturated rings. The van der Waals surface area contributed by atoms with Crippen LogP contribution in [-0.4, -0.2) is 16.6 Å². The number of hydrogen-bond donors (Lipinski definition) is 2. The van der Waals surface area contributed by atoms with E-state index in [1.807, 2.05) is 6.92 Å². The van der Waals surface area contributed by atoms with Crippen LogP contribution in [0.2, 0.25) is 5.02 Å². The third-order valence-electron chi connectivity index (χ3n) is 2.36. The summed E-state index contributed by atoms with van der Waals surface area (Å²) in [5.41, 5.74) is -0.184. The standard InChI is InChI=1S/C12H11ClN2O3/c1-2-18-7-3-4-8(10(13)5-7)9-6-14-12(17)15-11(9)16/h3-6H,2H2,1H3,(H2,14,15,16,17). The Kier molecular flexibility index (Phi) is 3.53. The van der Waals surface area contributed by atoms with E-state index < -0.39 is 11.2 Å². The molecule has 1 aromatic carbocycles. The number of aromatic amines is 2. The van der Waals surface area contributed by atoms with E-state index in [9.17, 15) is 9.59 Å². The van der Waals surface area contributed by atoms with Gasteiger partial charge < -0.3 is 9.72 Å². The molecule has 18 heavy (non-hydrogen) atoms. The van der Waals surface area contributed by atoms with Crippen LogP contribution in [-0.2, 0) is 0 Å². The summed E-state index contributed by atoms with van der Waals surface area (Å²) in [6, 6.07) is 5.02. The van der Waals surface area contributed by atoms with E-state index in [1.54, 1.807) is 18.2 Å². The van der Waals surface area contributed by atoms with E-state index in [4.69, 9.17) is 16.3 Å². The maximum Gasteiger partial charge on any atom is 0.325 e. The lowest BCUT2D eigenvalue weighted by atomic mass is 10.1. The van der Waals surface area contributed by atoms with Crippen molar-refractivity contribution in [1.29, 1.82) is 0 Å². The fraction of sp³-hybridized carbons (Fsp3) is 0.167. The monoisotopic (exact) mass is 266 g/mol. The summed E-state index contributed by atoms with van der Waals surface area (Å²) in [7, 11) is 0. The molecule has 0 saturated heterocycles. The zero-order chi connectivity index (χ0) is 13.1. The zero-order valence-corrected chi connectivity index (χ0v) is 10.4. The van der Waals surface area contributed by atoms with Gasteiger partial charge in [0.2, 0.25) is 0 Å². The van der Waals surface area contributed by atoms with Crippen LogP contribution in [0.15, 0.2) is 34.0 Å². The molecular formula is C12H11ClN2O3. The van der Waals surface area contributed by atoms with Crippen molar-refractivity contribution >= 4 is 11.6 Å². The van der Waals surface area contributed by atoms with Crippen molar-refractivity contribution in [2.24, 2.45) is 0 Å². The second-order valence-corrected chi connectivity index (χ2v) is 3.97. The molecule has 0 aliphatic heterocycles. The first kappa shape index (κ1) is 12.4. The van der Waals surface area contributed by atoms with Gasteiger partial charge in [0.25, 0.3) is 5.56 Å². The van der Waals surface area contributed by atoms with Gasteiger partial charge in [0, 0.05) is 11.8 Å². The predicted octanol–water partition coefficient (Wildman–Crippen LogP) is 1.78. The minimum atomic E-state index is -0.550. The highest BCUT2D eigenvalue weighted by Crippen LogP contribution is 2.28. The molecule has 1 aromatic heterocycles. The number of hydrogen-bond acceptors (Lipinski definition) is 3. The average molecular weight is 267 g/mol. The molecule has 2 aromatic rings. The van der Waals surface area contributed by atoms with Gasteiger partial charge in [-0.2, -0.15) is 0 Å². The minimum absolute atomic E-state index is 0.308. The number of benzene rings is 1. The van der Waals surface area contributed by atoms with Gasteiger partial charge in [-0.15, -0.1) is 0 Å². The van der Waals surface area contributed by atoms with Gasteiger partial charge in [-0.05, 0) is 25.1 Å². The first-order valence-corrected chi connectivity index (χ1v) is 5.74. The lowest BCUT2D eigenvalue weighted by Gasteiger charge is -2.07. The van der Waals surface area contributed by atoms with Crippen LogP contribution < -0.4 is 16.0 Å². The lowest BCUT2D eigenvalue weighted by Crippen LogP contribution is -2.22. The number of H-pyrrole nitrogens is 2. The summed E-state index contributed by atoms with van der Waals surface area (Å²) in [4.78, 5) is 27.1. The van der Waals surface area contributed by atoms with Gasteiger partial charge in [-0.25, -0.2) is 4.79 Å². The Morgan fingerprint density at radius 2 is 2.06 bits per heavy atom. The van der Waals surface area contributed by atoms with E-state index in [-0.39, 0.29) is 0 Å². The van der Waals surface area contributed by atoms with Gasteiger partial charge in [0.1, 0.15) is 5.75 Å². The zero-order valence-electron chi connectivity index (χ0n) is 9.62. The molecule has 0 saturated carbocycles. The molecule has 1 heterocycles. The summed E-state index contributed by atoms with van der Waals surface area (Å²) >= 11 is 6.09. The van der Waals surface area contributed by atoms with Crippen molar-refractivity contribution in [3.05, 3.63) is 50.3 Å². The Morgan fingerprint density at radius 3 is 2.67 bits per heavy atom. The second kappa shape index (κ2) is 5.10. The van der Waals surface area contributed by atoms with Crippen LogP contribution in [0.4, 0.5) is 0 Å². The Balaban J connectivity index is 2.51. The van der Waals surface area contributed by atoms with E-state index in [0.717, 1.165) is 0 Å². The van der Waals surface area contributed by atoms with Crippen molar-refractivity contribution in [2.45, 2.75) is 6.92 Å². The Labute approximate surface area is 107 Å². The molecule has 2 rings (SSSR count). The minimum Gasteiger partial charge on any atom is -0.494 e. The molecule has 5 nitrogen and oxygen atoms in total. The lowest BCUT2D eigenvalue weighted by molar-refractivity contribution is 0.340. The molecule has 0 atom stereocenters. The highest BCUT2D eigenvalue weighted by molar-refractivity contribution is 6.33. The highest BCUT2D eigenvalue weighted by Gasteiger charge is 2.09. The van der Waals surface area contributed by atoms with Gasteiger partial charge in [-0.1, -0.05) is 11.6 Å². The normalized spacial score (nSPS) is 10.3. The van der Waals surface area contributed by atoms with Crippen molar-refractivity contribution in [1.82, 2.24) is 9.97 Å². The van der Waals surface area contributed by atoms with Crippen molar-refractivity contribution in [3.63, 3.8) is 0 Å². The number of halogens is 1. The number of ether oxygens (including phenoxy) is 1. The fourth-order valence-electron chi connectivity index (χ4n) is 1.58. The third-order valence-corrected chi connectivity index (χ3v) is 2.67. The van der Waals surface area contributed by atoms with E-state index in [2.05, 4.69) is 9.97 Å². The molecule has 0 spiro atoms. The molecule has 0 bridgehead atoms. The Bertz CT molecular complexity index is 676. The molecule has 6 heteroatoms. The fourth-order valence-corrected chi connectivity index (χ4v) is 1.85. The van der Waals surface area contributed by atoms with E-state index >= 15 is 0 Å². The Hall–Kier alpha value is -2.01. The van der Waals surface area contributed by atoms with Crippen molar-refractivity contribution < 1.29 is 4.74 Å². The first-order valence-electron chi connectivity index (χ1n) is 5.36. The van der Waals surface area contributed by atoms with Gasteiger partial charge in [0.05, 0.1) is 17.2 Å². The summed E-state index contributed by atoms with van der Waals surface area (Å²) in [5.74, 6) is 0.632. The number of nitrogens with one attached hydrogen (secondary N) is 2. The quantitative estimate of drug-likeness (QED) is 0.889. The maximum atomic E-state index is 11.6. The summed E-state index contributed by atoms with van der Waals surface area (Å²) < 4.78 is 5.30. The SMILES string of the molecule is CCOc1ccc(-c2c[nH]c(=O)[nH]c2=O)c(Cl)c1. The van der Waals surface area contributed by atoms with Crippen molar-refractivity contribution in [3.8, 4) is 16.9 Å². The van der Waals surface area contributed by atoms with Crippen LogP contribution in [0.3, 0.4) is 0 Å². The molecule has 2 N–H and O–H groups in total. The van der Waals surface area contributed by atoms with Gasteiger partial charge in [-0.3, -0.25) is 9.78 Å². The number of aromatic nitrogens is 2. The molecule has 0 radical (unpaired) electrons. The first-order chi connectivity index (χ1) is 8.61. The van der Waals surface area contributed by atoms with Crippen LogP contribution >= 0.6 is 11.6 Å². The van der Waals surface area contributed by atoms with Crippen molar-refractivity contribution in [2.75, 3.05) is 6.61 Å². The van der Waals surface area contributed by atoms with E-state index in [0.29, 0.717) is 28.5 Å². The molecular weight excluding hydrogens is 256 g/mol. The molecule has 0 aliphatic carbocycles. The smallest absolute Gasteiger partial charge is 0.325 e. The molecule has 94 valence electrons. The van der Waals surface area contributed by atoms with Crippen LogP contribution in [0.1, 0.15) is 6.92 Å². The molecule has 0 aliphatic rings. The third kappa shape index (κ3) is 2.46. The van der Waals surface area contributed by atoms with Gasteiger partial charge >= 0.3 is 5.69 Å². The number of rotatable bonds is 3. The predicted molar refractivity (Wildman–Crippen MR) is 69.3 cm³/mol. The van der Waals surface area contributed by atoms with Gasteiger partial charge in [0.15, 0.2) is 0 Å². The summed E-state index contributed by atoms with van der Waals surface area (Å²) in [5, 5.41) is 0.387. The highest BCUT2D eigenvalue weighted by atomic mass is 35.5. The van der Waals surface area contributed by atoms with Crippen LogP contribution in [0, 0.1) is 0 Å². The summed E-state index contributed by atoms with van der Waals surface area (Å²) in [6.07, 6.45) is 1.34. The second-order valence-electron chi connectivity index (χ2n) is 3.56. The largest absolute Gasteiger partial charge is 0.494 e. The molecule has 0 amide bonds. The summed E-state index contributed by atoms with van der Waals surface area (Å²) in [6.45, 7) is 2.41. The van der Waals surface area contributed by atoms with Crippen LogP contribution in [0.25, 0.3) is 11.1 Å².